The summed E-state index contributed by atoms with van der Waals surface area (Å²) in [6, 6.07) is 8.91. The zero-order valence-corrected chi connectivity index (χ0v) is 16.8. The van der Waals surface area contributed by atoms with Crippen LogP contribution in [0.5, 0.6) is 0 Å². The summed E-state index contributed by atoms with van der Waals surface area (Å²) >= 11 is 11.9. The Morgan fingerprint density at radius 2 is 2.00 bits per heavy atom. The highest BCUT2D eigenvalue weighted by Gasteiger charge is 2.35. The molecule has 0 aliphatic carbocycles. The van der Waals surface area contributed by atoms with Crippen molar-refractivity contribution in [1.29, 1.82) is 0 Å². The first-order chi connectivity index (χ1) is 13.7. The molecule has 0 radical (unpaired) electrons. The Hall–Kier alpha value is -2.36. The number of alkyl halides is 3. The number of benzene rings is 2. The Labute approximate surface area is 177 Å². The van der Waals surface area contributed by atoms with Crippen LogP contribution in [0.2, 0.25) is 5.02 Å². The number of aromatic amines is 1. The molecular formula is C19H11ClF3N3OS2. The fourth-order valence-electron chi connectivity index (χ4n) is 3.11. The van der Waals surface area contributed by atoms with Crippen molar-refractivity contribution in [3.63, 3.8) is 0 Å². The van der Waals surface area contributed by atoms with Crippen LogP contribution in [0.4, 0.5) is 13.2 Å². The summed E-state index contributed by atoms with van der Waals surface area (Å²) in [6.45, 7) is 0. The van der Waals surface area contributed by atoms with E-state index in [4.69, 9.17) is 23.8 Å². The highest BCUT2D eigenvalue weighted by Crippen LogP contribution is 2.39. The Kier molecular flexibility index (Phi) is 5.14. The minimum absolute atomic E-state index is 0.00995. The molecular weight excluding hydrogens is 443 g/mol. The Bertz CT molecular complexity index is 1190. The monoisotopic (exact) mass is 453 g/mol. The minimum Gasteiger partial charge on any atom is -0.307 e. The molecule has 1 aliphatic rings. The molecule has 4 nitrogen and oxygen atoms in total. The van der Waals surface area contributed by atoms with Crippen molar-refractivity contribution in [1.82, 2.24) is 15.5 Å². The van der Waals surface area contributed by atoms with Crippen LogP contribution >= 0.6 is 35.6 Å². The summed E-state index contributed by atoms with van der Waals surface area (Å²) in [5.74, 6) is -0.426. The van der Waals surface area contributed by atoms with Gasteiger partial charge in [-0.2, -0.15) is 18.3 Å². The quantitative estimate of drug-likeness (QED) is 0.415. The number of amides is 1. The molecule has 1 amide bonds. The van der Waals surface area contributed by atoms with E-state index in [0.29, 0.717) is 11.1 Å². The summed E-state index contributed by atoms with van der Waals surface area (Å²) < 4.78 is 41.0. The molecule has 29 heavy (non-hydrogen) atoms. The van der Waals surface area contributed by atoms with Crippen molar-refractivity contribution < 1.29 is 18.0 Å². The van der Waals surface area contributed by atoms with Crippen LogP contribution in [-0.4, -0.2) is 20.4 Å². The molecule has 0 atom stereocenters. The van der Waals surface area contributed by atoms with E-state index in [2.05, 4.69) is 15.5 Å². The smallest absolute Gasteiger partial charge is 0.307 e. The molecule has 0 saturated carbocycles. The van der Waals surface area contributed by atoms with Gasteiger partial charge in [0, 0.05) is 10.4 Å². The second-order valence-electron chi connectivity index (χ2n) is 6.30. The number of halogens is 4. The topological polar surface area (TPSA) is 57.8 Å². The number of allylic oxidation sites excluding steroid dienone is 1. The summed E-state index contributed by atoms with van der Waals surface area (Å²) in [4.78, 5) is 12.7. The molecule has 4 rings (SSSR count). The van der Waals surface area contributed by atoms with Gasteiger partial charge in [-0.25, -0.2) is 0 Å². The fourth-order valence-corrected chi connectivity index (χ4v) is 4.41. The van der Waals surface area contributed by atoms with Crippen molar-refractivity contribution in [3.8, 4) is 0 Å². The van der Waals surface area contributed by atoms with Crippen LogP contribution in [-0.2, 0) is 17.4 Å². The molecule has 2 N–H and O–H groups in total. The van der Waals surface area contributed by atoms with Crippen LogP contribution in [0.1, 0.15) is 16.7 Å². The number of nitrogens with one attached hydrogen (secondary N) is 2. The minimum atomic E-state index is -4.58. The number of carbonyl (C=O) groups excluding carboxylic acids is 1. The highest BCUT2D eigenvalue weighted by atomic mass is 35.5. The molecule has 3 aromatic rings. The van der Waals surface area contributed by atoms with E-state index in [1.165, 1.54) is 12.1 Å². The predicted molar refractivity (Wildman–Crippen MR) is 112 cm³/mol. The summed E-state index contributed by atoms with van der Waals surface area (Å²) in [5, 5.41) is 10.1. The van der Waals surface area contributed by atoms with Gasteiger partial charge in [-0.3, -0.25) is 9.89 Å². The first-order valence-corrected chi connectivity index (χ1v) is 9.88. The molecule has 148 valence electrons. The largest absolute Gasteiger partial charge is 0.416 e. The molecule has 1 aromatic heterocycles. The zero-order valence-electron chi connectivity index (χ0n) is 14.4. The van der Waals surface area contributed by atoms with E-state index in [1.54, 1.807) is 24.4 Å². The molecule has 0 spiro atoms. The van der Waals surface area contributed by atoms with Crippen molar-refractivity contribution in [2.24, 2.45) is 0 Å². The fraction of sp³-hybridized carbons (Fsp3) is 0.105. The average molecular weight is 454 g/mol. The van der Waals surface area contributed by atoms with Gasteiger partial charge in [-0.15, -0.1) is 0 Å². The number of rotatable bonds is 3. The second kappa shape index (κ2) is 7.47. The van der Waals surface area contributed by atoms with Crippen LogP contribution in [0.25, 0.3) is 16.5 Å². The number of hydrogen-bond acceptors (Lipinski definition) is 4. The Balaban J connectivity index is 1.88. The molecule has 1 saturated heterocycles. The molecule has 2 heterocycles. The van der Waals surface area contributed by atoms with Crippen molar-refractivity contribution in [3.05, 3.63) is 69.2 Å². The number of nitrogens with zero attached hydrogens (tertiary/aromatic N) is 1. The maximum atomic E-state index is 13.6. The Morgan fingerprint density at radius 3 is 2.69 bits per heavy atom. The number of fused-ring (bicyclic) bond motifs is 1. The van der Waals surface area contributed by atoms with Gasteiger partial charge < -0.3 is 5.32 Å². The van der Waals surface area contributed by atoms with Gasteiger partial charge in [0.1, 0.15) is 4.32 Å². The normalized spacial score (nSPS) is 16.4. The van der Waals surface area contributed by atoms with Gasteiger partial charge in [0.2, 0.25) is 0 Å². The van der Waals surface area contributed by atoms with Crippen molar-refractivity contribution >= 4 is 62.3 Å². The third kappa shape index (κ3) is 4.03. The van der Waals surface area contributed by atoms with E-state index in [0.717, 1.165) is 28.7 Å². The van der Waals surface area contributed by atoms with Crippen LogP contribution < -0.4 is 5.32 Å². The van der Waals surface area contributed by atoms with E-state index >= 15 is 0 Å². The number of H-pyrrole nitrogens is 1. The third-order valence-electron chi connectivity index (χ3n) is 4.42. The van der Waals surface area contributed by atoms with Gasteiger partial charge in [0.15, 0.2) is 0 Å². The van der Waals surface area contributed by atoms with Gasteiger partial charge >= 0.3 is 6.18 Å². The van der Waals surface area contributed by atoms with Crippen molar-refractivity contribution in [2.45, 2.75) is 12.6 Å². The predicted octanol–water partition coefficient (Wildman–Crippen LogP) is 5.34. The van der Waals surface area contributed by atoms with E-state index in [-0.39, 0.29) is 26.2 Å². The zero-order chi connectivity index (χ0) is 20.8. The van der Waals surface area contributed by atoms with Gasteiger partial charge in [-0.05, 0) is 47.4 Å². The summed E-state index contributed by atoms with van der Waals surface area (Å²) in [7, 11) is 0. The number of thioether (sulfide) groups is 1. The molecule has 0 bridgehead atoms. The second-order valence-corrected chi connectivity index (χ2v) is 8.42. The van der Waals surface area contributed by atoms with Crippen LogP contribution in [0, 0.1) is 0 Å². The van der Waals surface area contributed by atoms with Gasteiger partial charge in [-0.1, -0.05) is 47.7 Å². The molecule has 2 aromatic carbocycles. The SMILES string of the molecule is O=C1NC(=S)SC1=C(Cc1ccc(Cl)cc1C(F)(F)F)c1ccc2[nH]ncc2c1. The lowest BCUT2D eigenvalue weighted by Crippen LogP contribution is -2.18. The number of carbonyl (C=O) groups is 1. The highest BCUT2D eigenvalue weighted by molar-refractivity contribution is 8.26. The standard InChI is InChI=1S/C19H11ClF3N3OS2/c20-12-3-1-10(14(7-12)19(21,22)23)6-13(16-17(27)25-18(28)29-16)9-2-4-15-11(5-9)8-24-26-15/h1-5,7-8H,6H2,(H,24,26)(H,25,27,28). The molecule has 1 aliphatic heterocycles. The number of aromatic nitrogens is 2. The molecule has 1 fully saturated rings. The summed E-state index contributed by atoms with van der Waals surface area (Å²) in [6.07, 6.45) is -3.09. The van der Waals surface area contributed by atoms with Crippen LogP contribution in [0.15, 0.2) is 47.5 Å². The third-order valence-corrected chi connectivity index (χ3v) is 5.93. The maximum Gasteiger partial charge on any atom is 0.416 e. The van der Waals surface area contributed by atoms with E-state index < -0.39 is 17.6 Å². The first kappa shape index (κ1) is 19.9. The Morgan fingerprint density at radius 1 is 1.21 bits per heavy atom. The number of hydrogen-bond donors (Lipinski definition) is 2. The van der Waals surface area contributed by atoms with Crippen molar-refractivity contribution in [2.75, 3.05) is 0 Å². The average Bonchev–Trinajstić information content (AvgIpc) is 3.25. The lowest BCUT2D eigenvalue weighted by atomic mass is 9.93. The maximum absolute atomic E-state index is 13.6. The lowest BCUT2D eigenvalue weighted by molar-refractivity contribution is -0.138. The van der Waals surface area contributed by atoms with Gasteiger partial charge in [0.05, 0.1) is 22.2 Å². The lowest BCUT2D eigenvalue weighted by Gasteiger charge is -2.16. The first-order valence-electron chi connectivity index (χ1n) is 8.28. The van der Waals surface area contributed by atoms with E-state index in [9.17, 15) is 18.0 Å². The summed E-state index contributed by atoms with van der Waals surface area (Å²) in [5.41, 5.74) is 1.02. The number of thiocarbonyl (C=S) groups is 1. The molecule has 10 heteroatoms. The van der Waals surface area contributed by atoms with E-state index in [1.807, 2.05) is 0 Å². The van der Waals surface area contributed by atoms with Crippen LogP contribution in [0.3, 0.4) is 0 Å². The molecule has 0 unspecified atom stereocenters. The van der Waals surface area contributed by atoms with Gasteiger partial charge in [0.25, 0.3) is 5.91 Å².